The molecule has 112 valence electrons. The van der Waals surface area contributed by atoms with E-state index >= 15 is 0 Å². The van der Waals surface area contributed by atoms with Crippen molar-refractivity contribution in [3.63, 3.8) is 0 Å². The number of nitrogens with zero attached hydrogens (tertiary/aromatic N) is 1. The normalized spacial score (nSPS) is 18.5. The summed E-state index contributed by atoms with van der Waals surface area (Å²) >= 11 is 0. The van der Waals surface area contributed by atoms with Gasteiger partial charge in [-0.05, 0) is 30.7 Å². The lowest BCUT2D eigenvalue weighted by Crippen LogP contribution is -2.44. The topological polar surface area (TPSA) is 75.4 Å². The molecule has 2 rings (SSSR count). The van der Waals surface area contributed by atoms with Crippen molar-refractivity contribution >= 4 is 17.4 Å². The Hall–Kier alpha value is -1.98. The molecular weight excluding hydrogens is 266 g/mol. The molecule has 1 amide bonds. The lowest BCUT2D eigenvalue weighted by molar-refractivity contribution is -0.114. The van der Waals surface area contributed by atoms with Crippen LogP contribution in [0.5, 0.6) is 0 Å². The van der Waals surface area contributed by atoms with E-state index in [4.69, 9.17) is 5.73 Å². The van der Waals surface area contributed by atoms with Crippen LogP contribution in [0.25, 0.3) is 0 Å². The molecule has 1 aromatic carbocycles. The lowest BCUT2D eigenvalue weighted by atomic mass is 10.1. The Morgan fingerprint density at radius 2 is 2.05 bits per heavy atom. The Morgan fingerprint density at radius 1 is 1.33 bits per heavy atom. The number of Topliss-reactive ketones (excluding diaryl/α,β-unsaturated/α-hetero) is 1. The first kappa shape index (κ1) is 15.4. The fourth-order valence-electron chi connectivity index (χ4n) is 2.42. The summed E-state index contributed by atoms with van der Waals surface area (Å²) in [6, 6.07) is 7.10. The quantitative estimate of drug-likeness (QED) is 0.634. The summed E-state index contributed by atoms with van der Waals surface area (Å²) in [5, 5.41) is 2.68. The number of hydrogen-bond acceptors (Lipinski definition) is 4. The highest BCUT2D eigenvalue weighted by Crippen LogP contribution is 2.13. The van der Waals surface area contributed by atoms with E-state index < -0.39 is 0 Å². The number of carbonyl (C=O) groups is 2. The van der Waals surface area contributed by atoms with Crippen molar-refractivity contribution in [2.45, 2.75) is 19.4 Å². The van der Waals surface area contributed by atoms with Crippen molar-refractivity contribution in [2.75, 3.05) is 25.0 Å². The van der Waals surface area contributed by atoms with E-state index in [-0.39, 0.29) is 17.7 Å². The Kier molecular flexibility index (Phi) is 5.25. The largest absolute Gasteiger partial charge is 0.329 e. The molecule has 5 heteroatoms. The van der Waals surface area contributed by atoms with Crippen LogP contribution in [0.15, 0.2) is 36.4 Å². The Balaban J connectivity index is 1.99. The minimum atomic E-state index is -0.125. The number of hydrogen-bond donors (Lipinski definition) is 2. The minimum Gasteiger partial charge on any atom is -0.329 e. The molecule has 0 fully saturated rings. The predicted octanol–water partition coefficient (Wildman–Crippen LogP) is 1.42. The van der Waals surface area contributed by atoms with Gasteiger partial charge in [-0.25, -0.2) is 0 Å². The van der Waals surface area contributed by atoms with E-state index in [2.05, 4.69) is 22.4 Å². The number of amides is 1. The molecule has 3 N–H and O–H groups in total. The van der Waals surface area contributed by atoms with E-state index in [1.165, 1.54) is 6.92 Å². The number of ketones is 1. The summed E-state index contributed by atoms with van der Waals surface area (Å²) in [6.45, 7) is 3.20. The number of benzene rings is 1. The molecule has 1 aliphatic rings. The average Bonchev–Trinajstić information content (AvgIpc) is 2.48. The van der Waals surface area contributed by atoms with Gasteiger partial charge in [0.2, 0.25) is 5.91 Å². The molecule has 0 aliphatic carbocycles. The summed E-state index contributed by atoms with van der Waals surface area (Å²) < 4.78 is 0. The van der Waals surface area contributed by atoms with Crippen LogP contribution in [-0.4, -0.2) is 42.3 Å². The molecule has 1 aliphatic heterocycles. The number of nitrogens with one attached hydrogen (secondary N) is 1. The van der Waals surface area contributed by atoms with Crippen LogP contribution in [0.4, 0.5) is 5.69 Å². The van der Waals surface area contributed by atoms with Crippen LogP contribution in [0.3, 0.4) is 0 Å². The zero-order valence-electron chi connectivity index (χ0n) is 12.2. The summed E-state index contributed by atoms with van der Waals surface area (Å²) in [5.41, 5.74) is 7.07. The first-order chi connectivity index (χ1) is 10.1. The summed E-state index contributed by atoms with van der Waals surface area (Å²) in [4.78, 5) is 25.4. The van der Waals surface area contributed by atoms with Gasteiger partial charge in [0.25, 0.3) is 0 Å². The Bertz CT molecular complexity index is 537. The summed E-state index contributed by atoms with van der Waals surface area (Å²) in [5.74, 6) is -0.0573. The molecule has 1 aromatic rings. The Labute approximate surface area is 124 Å². The van der Waals surface area contributed by atoms with Gasteiger partial charge in [-0.15, -0.1) is 0 Å². The van der Waals surface area contributed by atoms with Gasteiger partial charge in [0, 0.05) is 37.3 Å². The average molecular weight is 287 g/mol. The van der Waals surface area contributed by atoms with Crippen LogP contribution in [0, 0.1) is 0 Å². The molecule has 1 atom stereocenters. The highest BCUT2D eigenvalue weighted by molar-refractivity contribution is 5.98. The SMILES string of the molecule is CC(=O)Nc1ccc(C(=O)CN2CCC=CC2CN)cc1. The summed E-state index contributed by atoms with van der Waals surface area (Å²) in [7, 11) is 0. The fraction of sp³-hybridized carbons (Fsp3) is 0.375. The van der Waals surface area contributed by atoms with Crippen LogP contribution in [0.1, 0.15) is 23.7 Å². The van der Waals surface area contributed by atoms with Gasteiger partial charge in [0.1, 0.15) is 0 Å². The van der Waals surface area contributed by atoms with E-state index in [9.17, 15) is 9.59 Å². The molecule has 0 saturated heterocycles. The number of rotatable bonds is 5. The molecular formula is C16H21N3O2. The van der Waals surface area contributed by atoms with Crippen molar-refractivity contribution in [3.05, 3.63) is 42.0 Å². The maximum Gasteiger partial charge on any atom is 0.221 e. The second kappa shape index (κ2) is 7.15. The highest BCUT2D eigenvalue weighted by Gasteiger charge is 2.20. The van der Waals surface area contributed by atoms with E-state index in [0.717, 1.165) is 13.0 Å². The summed E-state index contributed by atoms with van der Waals surface area (Å²) in [6.07, 6.45) is 5.13. The van der Waals surface area contributed by atoms with Gasteiger partial charge in [-0.2, -0.15) is 0 Å². The van der Waals surface area contributed by atoms with Crippen LogP contribution < -0.4 is 11.1 Å². The third-order valence-corrected chi connectivity index (χ3v) is 3.53. The second-order valence-corrected chi connectivity index (χ2v) is 5.17. The third-order valence-electron chi connectivity index (χ3n) is 3.53. The molecule has 0 radical (unpaired) electrons. The van der Waals surface area contributed by atoms with Crippen LogP contribution >= 0.6 is 0 Å². The zero-order valence-corrected chi connectivity index (χ0v) is 12.2. The molecule has 21 heavy (non-hydrogen) atoms. The van der Waals surface area contributed by atoms with E-state index in [0.29, 0.717) is 24.3 Å². The third kappa shape index (κ3) is 4.24. The van der Waals surface area contributed by atoms with Crippen molar-refractivity contribution in [1.29, 1.82) is 0 Å². The van der Waals surface area contributed by atoms with Gasteiger partial charge < -0.3 is 11.1 Å². The molecule has 0 spiro atoms. The number of nitrogens with two attached hydrogens (primary N) is 1. The second-order valence-electron chi connectivity index (χ2n) is 5.17. The molecule has 0 aromatic heterocycles. The number of anilines is 1. The first-order valence-electron chi connectivity index (χ1n) is 7.12. The van der Waals surface area contributed by atoms with Crippen molar-refractivity contribution < 1.29 is 9.59 Å². The molecule has 1 unspecified atom stereocenters. The monoisotopic (exact) mass is 287 g/mol. The van der Waals surface area contributed by atoms with E-state index in [1.54, 1.807) is 24.3 Å². The van der Waals surface area contributed by atoms with E-state index in [1.807, 2.05) is 0 Å². The van der Waals surface area contributed by atoms with Gasteiger partial charge in [-0.3, -0.25) is 14.5 Å². The maximum atomic E-state index is 12.3. The Morgan fingerprint density at radius 3 is 2.67 bits per heavy atom. The highest BCUT2D eigenvalue weighted by atomic mass is 16.1. The fourth-order valence-corrected chi connectivity index (χ4v) is 2.42. The van der Waals surface area contributed by atoms with Crippen molar-refractivity contribution in [1.82, 2.24) is 4.90 Å². The van der Waals surface area contributed by atoms with Gasteiger partial charge >= 0.3 is 0 Å². The van der Waals surface area contributed by atoms with Crippen molar-refractivity contribution in [3.8, 4) is 0 Å². The smallest absolute Gasteiger partial charge is 0.221 e. The molecule has 1 heterocycles. The zero-order chi connectivity index (χ0) is 15.2. The first-order valence-corrected chi connectivity index (χ1v) is 7.12. The van der Waals surface area contributed by atoms with Crippen LogP contribution in [0.2, 0.25) is 0 Å². The van der Waals surface area contributed by atoms with Crippen LogP contribution in [-0.2, 0) is 4.79 Å². The molecule has 0 saturated carbocycles. The standard InChI is InChI=1S/C16H21N3O2/c1-12(20)18-14-7-5-13(6-8-14)16(21)11-19-9-3-2-4-15(19)10-17/h2,4-8,15H,3,9-11,17H2,1H3,(H,18,20). The van der Waals surface area contributed by atoms with Gasteiger partial charge in [0.15, 0.2) is 5.78 Å². The van der Waals surface area contributed by atoms with Gasteiger partial charge in [-0.1, -0.05) is 12.2 Å². The van der Waals surface area contributed by atoms with Gasteiger partial charge in [0.05, 0.1) is 6.54 Å². The molecule has 5 nitrogen and oxygen atoms in total. The predicted molar refractivity (Wildman–Crippen MR) is 83.2 cm³/mol. The molecule has 0 bridgehead atoms. The lowest BCUT2D eigenvalue weighted by Gasteiger charge is -2.30. The number of carbonyl (C=O) groups excluding carboxylic acids is 2. The van der Waals surface area contributed by atoms with Crippen molar-refractivity contribution in [2.24, 2.45) is 5.73 Å². The maximum absolute atomic E-state index is 12.3. The minimum absolute atomic E-state index is 0.0677.